The number of piperazine rings is 1. The summed E-state index contributed by atoms with van der Waals surface area (Å²) in [7, 11) is 0. The molecule has 2 aromatic heterocycles. The van der Waals surface area contributed by atoms with E-state index in [4.69, 9.17) is 5.73 Å². The number of aromatic hydroxyl groups is 1. The van der Waals surface area contributed by atoms with E-state index in [-0.39, 0.29) is 51.0 Å². The molecule has 174 valence electrons. The lowest BCUT2D eigenvalue weighted by atomic mass is 9.93. The van der Waals surface area contributed by atoms with Gasteiger partial charge in [-0.15, -0.1) is 17.0 Å². The van der Waals surface area contributed by atoms with Gasteiger partial charge in [-0.3, -0.25) is 5.10 Å². The van der Waals surface area contributed by atoms with Crippen LogP contribution in [0.1, 0.15) is 11.1 Å². The van der Waals surface area contributed by atoms with Crippen LogP contribution in [-0.2, 0) is 0 Å². The number of benzene rings is 2. The first-order valence-corrected chi connectivity index (χ1v) is 10.6. The first-order valence-electron chi connectivity index (χ1n) is 10.6. The second-order valence-electron chi connectivity index (χ2n) is 8.06. The molecule has 3 heterocycles. The van der Waals surface area contributed by atoms with Crippen molar-refractivity contribution in [3.63, 3.8) is 0 Å². The van der Waals surface area contributed by atoms with Gasteiger partial charge in [-0.2, -0.15) is 10.4 Å². The van der Waals surface area contributed by atoms with E-state index in [0.29, 0.717) is 16.5 Å². The van der Waals surface area contributed by atoms with Gasteiger partial charge in [0, 0.05) is 49.1 Å². The van der Waals surface area contributed by atoms with E-state index in [1.807, 2.05) is 24.3 Å². The van der Waals surface area contributed by atoms with Crippen LogP contribution < -0.4 is 16.0 Å². The lowest BCUT2D eigenvalue weighted by Crippen LogP contribution is -2.43. The van der Waals surface area contributed by atoms with Gasteiger partial charge in [0.15, 0.2) is 5.65 Å². The lowest BCUT2D eigenvalue weighted by molar-refractivity contribution is 0.465. The summed E-state index contributed by atoms with van der Waals surface area (Å²) in [6.07, 6.45) is 0. The molecule has 1 aliphatic rings. The standard InChI is InChI=1S/C24H22FN7O.BrH/c1-13-10-16(18(25)11-19(13)33)22-17(12-26)20(21-23(27)30-31-24(21)29-22)14-2-4-15(5-3-14)32-8-6-28-7-9-32;/h2-5,10-11,28,33H,6-9H2,1H3,(H3,27,29,30,31);1H. The minimum atomic E-state index is -0.676. The third-order valence-electron chi connectivity index (χ3n) is 6.02. The number of pyridine rings is 1. The van der Waals surface area contributed by atoms with Gasteiger partial charge in [-0.1, -0.05) is 12.1 Å². The number of nitriles is 1. The molecular formula is C24H23BrFN7O. The normalized spacial score (nSPS) is 13.5. The van der Waals surface area contributed by atoms with Gasteiger partial charge in [-0.25, -0.2) is 9.37 Å². The summed E-state index contributed by atoms with van der Waals surface area (Å²) in [5.74, 6) is -0.558. The Morgan fingerprint density at radius 2 is 1.88 bits per heavy atom. The van der Waals surface area contributed by atoms with E-state index in [0.717, 1.165) is 43.5 Å². The van der Waals surface area contributed by atoms with Crippen molar-refractivity contribution in [1.82, 2.24) is 20.5 Å². The zero-order valence-electron chi connectivity index (χ0n) is 18.4. The van der Waals surface area contributed by atoms with Crippen molar-refractivity contribution >= 4 is 39.5 Å². The molecule has 1 aliphatic heterocycles. The molecule has 8 nitrogen and oxygen atoms in total. The molecule has 4 aromatic rings. The molecule has 0 atom stereocenters. The molecule has 34 heavy (non-hydrogen) atoms. The van der Waals surface area contributed by atoms with E-state index < -0.39 is 5.82 Å². The van der Waals surface area contributed by atoms with Crippen LogP contribution in [0.2, 0.25) is 0 Å². The number of phenolic OH excluding ortho intramolecular Hbond substituents is 1. The molecule has 0 radical (unpaired) electrons. The number of aryl methyl sites for hydroxylation is 1. The van der Waals surface area contributed by atoms with Crippen molar-refractivity contribution in [3.05, 3.63) is 53.3 Å². The Morgan fingerprint density at radius 3 is 2.56 bits per heavy atom. The number of H-pyrrole nitrogens is 1. The molecule has 5 N–H and O–H groups in total. The molecule has 0 amide bonds. The molecule has 10 heteroatoms. The number of halogens is 2. The maximum atomic E-state index is 14.9. The zero-order chi connectivity index (χ0) is 23.1. The predicted molar refractivity (Wildman–Crippen MR) is 136 cm³/mol. The molecule has 1 fully saturated rings. The van der Waals surface area contributed by atoms with Crippen molar-refractivity contribution in [2.75, 3.05) is 36.8 Å². The maximum Gasteiger partial charge on any atom is 0.184 e. The first-order chi connectivity index (χ1) is 16.0. The molecule has 0 aliphatic carbocycles. The molecule has 0 bridgehead atoms. The summed E-state index contributed by atoms with van der Waals surface area (Å²) < 4.78 is 14.9. The quantitative estimate of drug-likeness (QED) is 0.320. The summed E-state index contributed by atoms with van der Waals surface area (Å²) in [5, 5.41) is 30.8. The second-order valence-corrected chi connectivity index (χ2v) is 8.06. The van der Waals surface area contributed by atoms with Gasteiger partial charge in [-0.05, 0) is 36.2 Å². The highest BCUT2D eigenvalue weighted by Crippen LogP contribution is 2.40. The third kappa shape index (κ3) is 3.93. The average molecular weight is 524 g/mol. The van der Waals surface area contributed by atoms with Crippen LogP contribution in [0.25, 0.3) is 33.4 Å². The number of fused-ring (bicyclic) bond motifs is 1. The number of nitrogens with two attached hydrogens (primary N) is 1. The van der Waals surface area contributed by atoms with E-state index in [9.17, 15) is 14.8 Å². The average Bonchev–Trinajstić information content (AvgIpc) is 3.21. The van der Waals surface area contributed by atoms with Gasteiger partial charge in [0.25, 0.3) is 0 Å². The van der Waals surface area contributed by atoms with Crippen LogP contribution in [0.4, 0.5) is 15.9 Å². The van der Waals surface area contributed by atoms with Crippen molar-refractivity contribution in [3.8, 4) is 34.2 Å². The second kappa shape index (κ2) is 9.29. The Labute approximate surface area is 206 Å². The molecule has 1 saturated heterocycles. The van der Waals surface area contributed by atoms with Gasteiger partial charge < -0.3 is 21.1 Å². The predicted octanol–water partition coefficient (Wildman–Crippen LogP) is 3.89. The molecule has 0 spiro atoms. The van der Waals surface area contributed by atoms with E-state index in [2.05, 4.69) is 31.5 Å². The number of anilines is 2. The van der Waals surface area contributed by atoms with Crippen LogP contribution in [0.15, 0.2) is 36.4 Å². The Morgan fingerprint density at radius 1 is 1.18 bits per heavy atom. The van der Waals surface area contributed by atoms with Crippen molar-refractivity contribution < 1.29 is 9.50 Å². The summed E-state index contributed by atoms with van der Waals surface area (Å²) in [4.78, 5) is 6.76. The van der Waals surface area contributed by atoms with Crippen molar-refractivity contribution in [1.29, 1.82) is 5.26 Å². The topological polar surface area (TPSA) is 127 Å². The number of hydrogen-bond donors (Lipinski definition) is 4. The van der Waals surface area contributed by atoms with Crippen LogP contribution in [0.5, 0.6) is 5.75 Å². The number of nitrogens with one attached hydrogen (secondary N) is 2. The summed E-state index contributed by atoms with van der Waals surface area (Å²) in [6.45, 7) is 5.35. The number of nitrogen functional groups attached to an aromatic ring is 1. The summed E-state index contributed by atoms with van der Waals surface area (Å²) >= 11 is 0. The Kier molecular flexibility index (Phi) is 6.41. The largest absolute Gasteiger partial charge is 0.508 e. The molecular weight excluding hydrogens is 501 g/mol. The first kappa shape index (κ1) is 23.5. The fourth-order valence-electron chi connectivity index (χ4n) is 4.28. The number of hydrogen-bond acceptors (Lipinski definition) is 7. The van der Waals surface area contributed by atoms with E-state index in [1.54, 1.807) is 6.92 Å². The van der Waals surface area contributed by atoms with Crippen molar-refractivity contribution in [2.45, 2.75) is 6.92 Å². The fraction of sp³-hybridized carbons (Fsp3) is 0.208. The van der Waals surface area contributed by atoms with Crippen LogP contribution >= 0.6 is 17.0 Å². The summed E-state index contributed by atoms with van der Waals surface area (Å²) in [6, 6.07) is 12.6. The maximum absolute atomic E-state index is 14.9. The highest BCUT2D eigenvalue weighted by molar-refractivity contribution is 8.93. The number of aromatic nitrogens is 3. The van der Waals surface area contributed by atoms with Gasteiger partial charge in [0.05, 0.1) is 16.6 Å². The van der Waals surface area contributed by atoms with Crippen LogP contribution in [0, 0.1) is 24.1 Å². The number of rotatable bonds is 3. The number of nitrogens with zero attached hydrogens (tertiary/aromatic N) is 4. The minimum absolute atomic E-state index is 0. The molecule has 2 aromatic carbocycles. The van der Waals surface area contributed by atoms with Crippen LogP contribution in [0.3, 0.4) is 0 Å². The molecule has 0 saturated carbocycles. The Hall–Kier alpha value is -3.68. The zero-order valence-corrected chi connectivity index (χ0v) is 20.1. The minimum Gasteiger partial charge on any atom is -0.508 e. The van der Waals surface area contributed by atoms with Crippen molar-refractivity contribution in [2.24, 2.45) is 0 Å². The Bertz CT molecular complexity index is 1410. The van der Waals surface area contributed by atoms with E-state index in [1.165, 1.54) is 6.07 Å². The van der Waals surface area contributed by atoms with Crippen LogP contribution in [-0.4, -0.2) is 46.5 Å². The Balaban J connectivity index is 0.00000274. The highest BCUT2D eigenvalue weighted by Gasteiger charge is 2.24. The monoisotopic (exact) mass is 523 g/mol. The molecule has 0 unspecified atom stereocenters. The smallest absolute Gasteiger partial charge is 0.184 e. The van der Waals surface area contributed by atoms with E-state index >= 15 is 0 Å². The van der Waals surface area contributed by atoms with Gasteiger partial charge >= 0.3 is 0 Å². The summed E-state index contributed by atoms with van der Waals surface area (Å²) in [5.41, 5.74) is 9.75. The van der Waals surface area contributed by atoms with Gasteiger partial charge in [0.1, 0.15) is 23.5 Å². The SMILES string of the molecule is Br.Cc1cc(-c2nc3n[nH]c(N)c3c(-c3ccc(N4CCNCC4)cc3)c2C#N)c(F)cc1O. The van der Waals surface area contributed by atoms with Gasteiger partial charge in [0.2, 0.25) is 0 Å². The molecule has 5 rings (SSSR count). The fourth-order valence-corrected chi connectivity index (χ4v) is 4.28. The highest BCUT2D eigenvalue weighted by atomic mass is 79.9. The number of aromatic amines is 1. The lowest BCUT2D eigenvalue weighted by Gasteiger charge is -2.29. The number of phenols is 1. The third-order valence-corrected chi connectivity index (χ3v) is 6.02.